The Balaban J connectivity index is 1.58. The van der Waals surface area contributed by atoms with E-state index in [1.54, 1.807) is 12.1 Å². The monoisotopic (exact) mass is 464 g/mol. The lowest BCUT2D eigenvalue weighted by molar-refractivity contribution is 0.453. The Labute approximate surface area is 195 Å². The van der Waals surface area contributed by atoms with Crippen molar-refractivity contribution in [2.75, 3.05) is 0 Å². The Kier molecular flexibility index (Phi) is 6.98. The van der Waals surface area contributed by atoms with E-state index in [4.69, 9.17) is 0 Å². The van der Waals surface area contributed by atoms with Crippen LogP contribution in [0.3, 0.4) is 0 Å². The topological polar surface area (TPSA) is 0 Å². The van der Waals surface area contributed by atoms with Gasteiger partial charge in [-0.15, -0.1) is 0 Å². The van der Waals surface area contributed by atoms with Crippen LogP contribution in [0.5, 0.6) is 0 Å². The number of rotatable bonds is 5. The van der Waals surface area contributed by atoms with Crippen molar-refractivity contribution in [1.82, 2.24) is 0 Å². The Morgan fingerprint density at radius 1 is 0.676 bits per heavy atom. The van der Waals surface area contributed by atoms with Gasteiger partial charge in [-0.05, 0) is 65.8 Å². The number of aryl methyl sites for hydroxylation is 1. The van der Waals surface area contributed by atoms with Gasteiger partial charge in [0.25, 0.3) is 0 Å². The van der Waals surface area contributed by atoms with Crippen LogP contribution in [0, 0.1) is 40.9 Å². The van der Waals surface area contributed by atoms with Crippen LogP contribution in [-0.4, -0.2) is 0 Å². The number of unbranched alkanes of at least 4 members (excludes halogenated alkanes) is 2. The van der Waals surface area contributed by atoms with Crippen LogP contribution in [0.25, 0.3) is 21.9 Å². The molecule has 5 heteroatoms. The molecule has 0 heterocycles. The highest BCUT2D eigenvalue weighted by Gasteiger charge is 2.15. The zero-order chi connectivity index (χ0) is 24.2. The predicted octanol–water partition coefficient (Wildman–Crippen LogP) is 8.33. The van der Waals surface area contributed by atoms with E-state index in [1.165, 1.54) is 36.4 Å². The van der Waals surface area contributed by atoms with Crippen molar-refractivity contribution < 1.29 is 22.0 Å². The fourth-order valence-electron chi connectivity index (χ4n) is 3.83. The number of hydrogen-bond donors (Lipinski definition) is 0. The molecular formula is C29H21F5. The molecule has 0 aliphatic carbocycles. The Morgan fingerprint density at radius 2 is 1.50 bits per heavy atom. The molecule has 4 aromatic carbocycles. The molecule has 0 saturated carbocycles. The summed E-state index contributed by atoms with van der Waals surface area (Å²) in [7, 11) is 0. The van der Waals surface area contributed by atoms with E-state index >= 15 is 0 Å². The van der Waals surface area contributed by atoms with E-state index < -0.39 is 29.1 Å². The van der Waals surface area contributed by atoms with E-state index in [-0.39, 0.29) is 21.9 Å². The summed E-state index contributed by atoms with van der Waals surface area (Å²) in [5.41, 5.74) is 2.08. The van der Waals surface area contributed by atoms with E-state index in [0.717, 1.165) is 37.3 Å². The first-order valence-corrected chi connectivity index (χ1v) is 11.0. The largest absolute Gasteiger partial charge is 0.206 e. The third-order valence-electron chi connectivity index (χ3n) is 5.70. The van der Waals surface area contributed by atoms with Crippen LogP contribution in [-0.2, 0) is 6.42 Å². The molecule has 4 rings (SSSR count). The fourth-order valence-corrected chi connectivity index (χ4v) is 3.83. The maximum Gasteiger partial charge on any atom is 0.195 e. The zero-order valence-electron chi connectivity index (χ0n) is 18.5. The minimum Gasteiger partial charge on any atom is -0.206 e. The van der Waals surface area contributed by atoms with E-state index in [2.05, 4.69) is 18.8 Å². The van der Waals surface area contributed by atoms with Crippen molar-refractivity contribution in [3.8, 4) is 23.0 Å². The summed E-state index contributed by atoms with van der Waals surface area (Å²) in [6.45, 7) is 2.11. The molecule has 0 fully saturated rings. The van der Waals surface area contributed by atoms with Gasteiger partial charge < -0.3 is 0 Å². The molecule has 4 aromatic rings. The van der Waals surface area contributed by atoms with Gasteiger partial charge in [-0.1, -0.05) is 55.9 Å². The summed E-state index contributed by atoms with van der Waals surface area (Å²) in [6, 6.07) is 14.2. The van der Waals surface area contributed by atoms with E-state index in [0.29, 0.717) is 11.1 Å². The van der Waals surface area contributed by atoms with Crippen LogP contribution >= 0.6 is 0 Å². The van der Waals surface area contributed by atoms with Crippen LogP contribution in [0.15, 0.2) is 60.7 Å². The van der Waals surface area contributed by atoms with Gasteiger partial charge in [0.05, 0.1) is 5.56 Å². The van der Waals surface area contributed by atoms with Gasteiger partial charge in [-0.25, -0.2) is 22.0 Å². The fraction of sp³-hybridized carbons (Fsp3) is 0.172. The second-order valence-electron chi connectivity index (χ2n) is 8.14. The maximum absolute atomic E-state index is 14.8. The van der Waals surface area contributed by atoms with Gasteiger partial charge >= 0.3 is 0 Å². The maximum atomic E-state index is 14.8. The summed E-state index contributed by atoms with van der Waals surface area (Å²) in [6.07, 6.45) is 4.01. The number of hydrogen-bond acceptors (Lipinski definition) is 0. The highest BCUT2D eigenvalue weighted by molar-refractivity contribution is 5.88. The zero-order valence-corrected chi connectivity index (χ0v) is 18.5. The molecule has 0 unspecified atom stereocenters. The van der Waals surface area contributed by atoms with Crippen molar-refractivity contribution in [3.05, 3.63) is 106 Å². The Bertz CT molecular complexity index is 1430. The second kappa shape index (κ2) is 10.1. The molecule has 0 saturated heterocycles. The average Bonchev–Trinajstić information content (AvgIpc) is 2.82. The predicted molar refractivity (Wildman–Crippen MR) is 125 cm³/mol. The average molecular weight is 464 g/mol. The molecule has 0 bridgehead atoms. The molecule has 0 N–H and O–H groups in total. The molecule has 34 heavy (non-hydrogen) atoms. The molecule has 172 valence electrons. The lowest BCUT2D eigenvalue weighted by Gasteiger charge is -2.08. The first-order valence-electron chi connectivity index (χ1n) is 11.0. The standard InChI is InChI=1S/C29H21F5/c1-2-3-4-5-18-6-9-20(25(30)14-18)10-7-19-8-12-23(26(31)15-19)21-11-13-24-22(16-21)17-27(32)29(34)28(24)33/h6,8-9,11-17H,2-5H2,1H3. The van der Waals surface area contributed by atoms with Gasteiger partial charge in [0.1, 0.15) is 11.6 Å². The lowest BCUT2D eigenvalue weighted by atomic mass is 9.99. The number of benzene rings is 4. The summed E-state index contributed by atoms with van der Waals surface area (Å²) in [5, 5.41) is 0.0229. The lowest BCUT2D eigenvalue weighted by Crippen LogP contribution is -1.93. The normalized spacial score (nSPS) is 10.9. The van der Waals surface area contributed by atoms with Crippen LogP contribution < -0.4 is 0 Å². The molecule has 0 spiro atoms. The number of fused-ring (bicyclic) bond motifs is 1. The molecule has 0 radical (unpaired) electrons. The molecule has 0 aliphatic rings. The van der Waals surface area contributed by atoms with Crippen LogP contribution in [0.4, 0.5) is 22.0 Å². The van der Waals surface area contributed by atoms with E-state index in [9.17, 15) is 22.0 Å². The Morgan fingerprint density at radius 3 is 2.24 bits per heavy atom. The Hall–Kier alpha value is -3.65. The van der Waals surface area contributed by atoms with Gasteiger partial charge in [0.2, 0.25) is 0 Å². The SMILES string of the molecule is CCCCCc1ccc(C#Cc2ccc(-c3ccc4c(F)c(F)c(F)cc4c3)c(F)c2)c(F)c1. The summed E-state index contributed by atoms with van der Waals surface area (Å²) in [4.78, 5) is 0. The molecule has 0 amide bonds. The van der Waals surface area contributed by atoms with E-state index in [1.807, 2.05) is 6.07 Å². The van der Waals surface area contributed by atoms with Crippen molar-refractivity contribution >= 4 is 10.8 Å². The molecule has 0 aromatic heterocycles. The summed E-state index contributed by atoms with van der Waals surface area (Å²) < 4.78 is 70.2. The van der Waals surface area contributed by atoms with Crippen molar-refractivity contribution in [2.45, 2.75) is 32.6 Å². The van der Waals surface area contributed by atoms with Crippen molar-refractivity contribution in [2.24, 2.45) is 0 Å². The first kappa shape index (κ1) is 23.5. The summed E-state index contributed by atoms with van der Waals surface area (Å²) >= 11 is 0. The van der Waals surface area contributed by atoms with Gasteiger partial charge in [0, 0.05) is 16.5 Å². The highest BCUT2D eigenvalue weighted by atomic mass is 19.2. The number of halogens is 5. The quantitative estimate of drug-likeness (QED) is 0.121. The molecular weight excluding hydrogens is 443 g/mol. The van der Waals surface area contributed by atoms with Crippen molar-refractivity contribution in [1.29, 1.82) is 0 Å². The third kappa shape index (κ3) is 4.97. The van der Waals surface area contributed by atoms with Gasteiger partial charge in [0.15, 0.2) is 17.5 Å². The molecule has 0 aliphatic heterocycles. The smallest absolute Gasteiger partial charge is 0.195 e. The second-order valence-corrected chi connectivity index (χ2v) is 8.14. The van der Waals surface area contributed by atoms with Crippen molar-refractivity contribution in [3.63, 3.8) is 0 Å². The van der Waals surface area contributed by atoms with Crippen LogP contribution in [0.2, 0.25) is 0 Å². The molecule has 0 atom stereocenters. The first-order chi connectivity index (χ1) is 16.4. The minimum atomic E-state index is -1.54. The van der Waals surface area contributed by atoms with Gasteiger partial charge in [-0.3, -0.25) is 0 Å². The van der Waals surface area contributed by atoms with Crippen LogP contribution in [0.1, 0.15) is 42.9 Å². The minimum absolute atomic E-state index is 0.0936. The summed E-state index contributed by atoms with van der Waals surface area (Å²) in [5.74, 6) is 0.368. The van der Waals surface area contributed by atoms with Gasteiger partial charge in [-0.2, -0.15) is 0 Å². The highest BCUT2D eigenvalue weighted by Crippen LogP contribution is 2.30. The molecule has 0 nitrogen and oxygen atoms in total. The third-order valence-corrected chi connectivity index (χ3v) is 5.70.